The van der Waals surface area contributed by atoms with Crippen LogP contribution in [0.2, 0.25) is 0 Å². The molecule has 2 aliphatic rings. The minimum Gasteiger partial charge on any atom is -0.480 e. The Morgan fingerprint density at radius 1 is 1.22 bits per heavy atom. The smallest absolute Gasteiger partial charge is 0.317 e. The molecule has 7 nitrogen and oxygen atoms in total. The van der Waals surface area contributed by atoms with Gasteiger partial charge >= 0.3 is 5.97 Å². The molecule has 0 atom stereocenters. The Hall–Kier alpha value is -2.61. The number of carboxylic acid groups (broad SMARTS) is 1. The SMILES string of the molecule is O=C(O)CN(CC1CC1)C1CC(NC(=O)c2cc(F)cc3nccnc23)C1. The summed E-state index contributed by atoms with van der Waals surface area (Å²) in [5.74, 6) is -1.13. The molecular weight excluding hydrogens is 351 g/mol. The largest absolute Gasteiger partial charge is 0.480 e. The normalized spacial score (nSPS) is 21.9. The summed E-state index contributed by atoms with van der Waals surface area (Å²) in [6.45, 7) is 0.841. The third kappa shape index (κ3) is 4.05. The Balaban J connectivity index is 1.39. The Bertz CT molecular complexity index is 880. The molecule has 27 heavy (non-hydrogen) atoms. The summed E-state index contributed by atoms with van der Waals surface area (Å²) < 4.78 is 13.8. The van der Waals surface area contributed by atoms with Crippen LogP contribution < -0.4 is 5.32 Å². The summed E-state index contributed by atoms with van der Waals surface area (Å²) in [4.78, 5) is 33.9. The Labute approximate surface area is 155 Å². The molecule has 2 N–H and O–H groups in total. The minimum atomic E-state index is -0.826. The number of fused-ring (bicyclic) bond motifs is 1. The number of halogens is 1. The minimum absolute atomic E-state index is 0.0337. The van der Waals surface area contributed by atoms with Gasteiger partial charge in [-0.3, -0.25) is 24.5 Å². The highest BCUT2D eigenvalue weighted by molar-refractivity contribution is 6.04. The van der Waals surface area contributed by atoms with E-state index in [1.54, 1.807) is 0 Å². The second kappa shape index (κ2) is 7.19. The first-order valence-electron chi connectivity index (χ1n) is 9.16. The van der Waals surface area contributed by atoms with Crippen LogP contribution in [-0.4, -0.2) is 57.0 Å². The van der Waals surface area contributed by atoms with Gasteiger partial charge in [0, 0.05) is 37.1 Å². The predicted octanol–water partition coefficient (Wildman–Crippen LogP) is 1.83. The number of carboxylic acids is 1. The van der Waals surface area contributed by atoms with Crippen LogP contribution in [0.5, 0.6) is 0 Å². The van der Waals surface area contributed by atoms with Gasteiger partial charge in [-0.2, -0.15) is 0 Å². The van der Waals surface area contributed by atoms with Crippen molar-refractivity contribution in [3.63, 3.8) is 0 Å². The molecule has 2 fully saturated rings. The van der Waals surface area contributed by atoms with Gasteiger partial charge in [-0.05, 0) is 37.7 Å². The summed E-state index contributed by atoms with van der Waals surface area (Å²) in [7, 11) is 0. The molecule has 2 saturated carbocycles. The number of aliphatic carboxylic acids is 1. The number of hydrogen-bond donors (Lipinski definition) is 2. The van der Waals surface area contributed by atoms with Gasteiger partial charge in [0.2, 0.25) is 0 Å². The Kier molecular flexibility index (Phi) is 4.73. The van der Waals surface area contributed by atoms with Crippen molar-refractivity contribution in [1.82, 2.24) is 20.2 Å². The third-order valence-corrected chi connectivity index (χ3v) is 5.28. The van der Waals surface area contributed by atoms with Gasteiger partial charge in [-0.25, -0.2) is 4.39 Å². The van der Waals surface area contributed by atoms with Crippen molar-refractivity contribution in [2.24, 2.45) is 5.92 Å². The van der Waals surface area contributed by atoms with Crippen molar-refractivity contribution in [2.45, 2.75) is 37.8 Å². The van der Waals surface area contributed by atoms with Crippen LogP contribution in [0.15, 0.2) is 24.5 Å². The molecule has 2 aliphatic carbocycles. The topological polar surface area (TPSA) is 95.4 Å². The van der Waals surface area contributed by atoms with Crippen molar-refractivity contribution < 1.29 is 19.1 Å². The van der Waals surface area contributed by atoms with E-state index in [2.05, 4.69) is 15.3 Å². The summed E-state index contributed by atoms with van der Waals surface area (Å²) >= 11 is 0. The molecule has 4 rings (SSSR count). The fraction of sp³-hybridized carbons (Fsp3) is 0.474. The maximum atomic E-state index is 13.8. The number of hydrogen-bond acceptors (Lipinski definition) is 5. The fourth-order valence-electron chi connectivity index (χ4n) is 3.63. The maximum absolute atomic E-state index is 13.8. The van der Waals surface area contributed by atoms with Crippen molar-refractivity contribution >= 4 is 22.9 Å². The number of rotatable bonds is 7. The van der Waals surface area contributed by atoms with Crippen LogP contribution in [0, 0.1) is 11.7 Å². The van der Waals surface area contributed by atoms with E-state index in [4.69, 9.17) is 5.11 Å². The second-order valence-corrected chi connectivity index (χ2v) is 7.44. The maximum Gasteiger partial charge on any atom is 0.317 e. The van der Waals surface area contributed by atoms with Crippen molar-refractivity contribution in [2.75, 3.05) is 13.1 Å². The molecule has 142 valence electrons. The number of carbonyl (C=O) groups excluding carboxylic acids is 1. The van der Waals surface area contributed by atoms with Crippen LogP contribution in [0.1, 0.15) is 36.0 Å². The van der Waals surface area contributed by atoms with Crippen LogP contribution in [0.4, 0.5) is 4.39 Å². The summed E-state index contributed by atoms with van der Waals surface area (Å²) in [5, 5.41) is 12.0. The second-order valence-electron chi connectivity index (χ2n) is 7.44. The number of amides is 1. The molecule has 0 bridgehead atoms. The number of nitrogens with zero attached hydrogens (tertiary/aromatic N) is 3. The average molecular weight is 372 g/mol. The zero-order chi connectivity index (χ0) is 19.0. The molecule has 0 radical (unpaired) electrons. The first-order valence-corrected chi connectivity index (χ1v) is 9.16. The summed E-state index contributed by atoms with van der Waals surface area (Å²) in [5.41, 5.74) is 0.877. The average Bonchev–Trinajstić information content (AvgIpc) is 3.39. The van der Waals surface area contributed by atoms with E-state index in [1.807, 2.05) is 4.90 Å². The van der Waals surface area contributed by atoms with Gasteiger partial charge in [-0.1, -0.05) is 0 Å². The van der Waals surface area contributed by atoms with Gasteiger partial charge in [0.1, 0.15) is 11.3 Å². The Morgan fingerprint density at radius 3 is 2.67 bits per heavy atom. The summed E-state index contributed by atoms with van der Waals surface area (Å²) in [6, 6.07) is 2.54. The van der Waals surface area contributed by atoms with E-state index in [0.717, 1.165) is 19.4 Å². The predicted molar refractivity (Wildman–Crippen MR) is 95.7 cm³/mol. The lowest BCUT2D eigenvalue weighted by Gasteiger charge is -2.42. The lowest BCUT2D eigenvalue weighted by atomic mass is 9.85. The molecule has 2 aromatic rings. The molecule has 1 amide bonds. The number of carbonyl (C=O) groups is 2. The molecule has 1 aromatic carbocycles. The van der Waals surface area contributed by atoms with Crippen LogP contribution >= 0.6 is 0 Å². The zero-order valence-corrected chi connectivity index (χ0v) is 14.8. The molecule has 8 heteroatoms. The Morgan fingerprint density at radius 2 is 1.96 bits per heavy atom. The lowest BCUT2D eigenvalue weighted by Crippen LogP contribution is -2.55. The molecule has 0 unspecified atom stereocenters. The fourth-order valence-corrected chi connectivity index (χ4v) is 3.63. The lowest BCUT2D eigenvalue weighted by molar-refractivity contribution is -0.139. The highest BCUT2D eigenvalue weighted by atomic mass is 19.1. The van der Waals surface area contributed by atoms with E-state index in [1.165, 1.54) is 24.5 Å². The van der Waals surface area contributed by atoms with Crippen molar-refractivity contribution in [3.05, 3.63) is 35.9 Å². The first-order chi connectivity index (χ1) is 13.0. The van der Waals surface area contributed by atoms with Crippen LogP contribution in [0.3, 0.4) is 0 Å². The van der Waals surface area contributed by atoms with Crippen molar-refractivity contribution in [1.29, 1.82) is 0 Å². The quantitative estimate of drug-likeness (QED) is 0.770. The van der Waals surface area contributed by atoms with E-state index in [-0.39, 0.29) is 30.1 Å². The van der Waals surface area contributed by atoms with E-state index in [9.17, 15) is 14.0 Å². The highest BCUT2D eigenvalue weighted by Gasteiger charge is 2.38. The number of aromatic nitrogens is 2. The van der Waals surface area contributed by atoms with Gasteiger partial charge in [0.25, 0.3) is 5.91 Å². The standard InChI is InChI=1S/C19H21FN4O3/c20-12-5-15(18-16(6-12)21-3-4-22-18)19(27)23-13-7-14(8-13)24(10-17(25)26)9-11-1-2-11/h3-6,11,13-14H,1-2,7-10H2,(H,23,27)(H,25,26). The molecule has 1 aromatic heterocycles. The molecule has 0 spiro atoms. The molecule has 0 aliphatic heterocycles. The van der Waals surface area contributed by atoms with Gasteiger partial charge in [-0.15, -0.1) is 0 Å². The number of nitrogens with one attached hydrogen (secondary N) is 1. The molecular formula is C19H21FN4O3. The number of benzene rings is 1. The highest BCUT2D eigenvalue weighted by Crippen LogP contribution is 2.34. The zero-order valence-electron chi connectivity index (χ0n) is 14.8. The van der Waals surface area contributed by atoms with Crippen LogP contribution in [0.25, 0.3) is 11.0 Å². The van der Waals surface area contributed by atoms with Gasteiger partial charge in [0.15, 0.2) is 0 Å². The first kappa shape index (κ1) is 17.8. The monoisotopic (exact) mass is 372 g/mol. The van der Waals surface area contributed by atoms with E-state index >= 15 is 0 Å². The molecule has 0 saturated heterocycles. The van der Waals surface area contributed by atoms with Crippen molar-refractivity contribution in [3.8, 4) is 0 Å². The van der Waals surface area contributed by atoms with Gasteiger partial charge in [0.05, 0.1) is 17.6 Å². The van der Waals surface area contributed by atoms with E-state index in [0.29, 0.717) is 29.8 Å². The molecule has 1 heterocycles. The van der Waals surface area contributed by atoms with Gasteiger partial charge < -0.3 is 10.4 Å². The summed E-state index contributed by atoms with van der Waals surface area (Å²) in [6.07, 6.45) is 6.65. The van der Waals surface area contributed by atoms with E-state index < -0.39 is 11.8 Å². The third-order valence-electron chi connectivity index (χ3n) is 5.28. The van der Waals surface area contributed by atoms with Crippen LogP contribution in [-0.2, 0) is 4.79 Å².